The van der Waals surface area contributed by atoms with Gasteiger partial charge in [-0.15, -0.1) is 6.58 Å². The fraction of sp³-hybridized carbons (Fsp3) is 0.857. The minimum atomic E-state index is 0.412. The van der Waals surface area contributed by atoms with Crippen LogP contribution in [0.3, 0.4) is 0 Å². The van der Waals surface area contributed by atoms with E-state index in [9.17, 15) is 0 Å². The van der Waals surface area contributed by atoms with E-state index in [4.69, 9.17) is 5.84 Å². The van der Waals surface area contributed by atoms with Gasteiger partial charge in [-0.2, -0.15) is 0 Å². The van der Waals surface area contributed by atoms with Gasteiger partial charge >= 0.3 is 0 Å². The van der Waals surface area contributed by atoms with Crippen LogP contribution < -0.4 is 11.3 Å². The van der Waals surface area contributed by atoms with Crippen molar-refractivity contribution in [1.29, 1.82) is 0 Å². The Labute approximate surface area is 101 Å². The van der Waals surface area contributed by atoms with Crippen LogP contribution in [0.4, 0.5) is 0 Å². The molecule has 0 spiro atoms. The highest BCUT2D eigenvalue weighted by molar-refractivity contribution is 5.02. The first-order valence-corrected chi connectivity index (χ1v) is 6.60. The minimum absolute atomic E-state index is 0.412. The SMILES string of the molecule is C=C(C)CC(NN)C1(CC(C)C)CCCC1. The van der Waals surface area contributed by atoms with Crippen LogP contribution in [0.5, 0.6) is 0 Å². The lowest BCUT2D eigenvalue weighted by molar-refractivity contribution is 0.154. The van der Waals surface area contributed by atoms with Gasteiger partial charge < -0.3 is 0 Å². The van der Waals surface area contributed by atoms with Crippen molar-refractivity contribution in [2.24, 2.45) is 17.2 Å². The lowest BCUT2D eigenvalue weighted by Gasteiger charge is -2.39. The molecule has 0 aromatic heterocycles. The van der Waals surface area contributed by atoms with Crippen LogP contribution in [0.1, 0.15) is 59.3 Å². The molecule has 0 aromatic rings. The first-order chi connectivity index (χ1) is 7.50. The van der Waals surface area contributed by atoms with Crippen LogP contribution in [0.15, 0.2) is 12.2 Å². The van der Waals surface area contributed by atoms with Crippen LogP contribution in [-0.4, -0.2) is 6.04 Å². The average Bonchev–Trinajstić information content (AvgIpc) is 2.62. The van der Waals surface area contributed by atoms with Gasteiger partial charge in [0.1, 0.15) is 0 Å². The molecular formula is C14H28N2. The van der Waals surface area contributed by atoms with Gasteiger partial charge in [-0.1, -0.05) is 32.3 Å². The van der Waals surface area contributed by atoms with Crippen LogP contribution in [0, 0.1) is 11.3 Å². The third-order valence-corrected chi connectivity index (χ3v) is 3.91. The zero-order valence-electron chi connectivity index (χ0n) is 11.2. The maximum Gasteiger partial charge on any atom is 0.0303 e. The lowest BCUT2D eigenvalue weighted by atomic mass is 9.71. The molecule has 1 unspecified atom stereocenters. The predicted molar refractivity (Wildman–Crippen MR) is 70.9 cm³/mol. The molecule has 94 valence electrons. The third kappa shape index (κ3) is 3.33. The Balaban J connectivity index is 2.76. The topological polar surface area (TPSA) is 38.0 Å². The van der Waals surface area contributed by atoms with Crippen molar-refractivity contribution in [3.05, 3.63) is 12.2 Å². The standard InChI is InChI=1S/C14H28N2/c1-11(2)9-13(16-15)14(10-12(3)4)7-5-6-8-14/h12-13,16H,1,5-10,15H2,2-4H3. The monoisotopic (exact) mass is 224 g/mol. The van der Waals surface area contributed by atoms with Crippen LogP contribution in [0.25, 0.3) is 0 Å². The van der Waals surface area contributed by atoms with Gasteiger partial charge in [-0.05, 0) is 43.9 Å². The van der Waals surface area contributed by atoms with Gasteiger partial charge in [0.15, 0.2) is 0 Å². The maximum absolute atomic E-state index is 5.77. The Kier molecular flexibility index (Phi) is 5.00. The molecule has 1 fully saturated rings. The molecule has 0 aromatic carbocycles. The van der Waals surface area contributed by atoms with Crippen LogP contribution in [0.2, 0.25) is 0 Å². The van der Waals surface area contributed by atoms with E-state index in [-0.39, 0.29) is 0 Å². The normalized spacial score (nSPS) is 21.3. The Morgan fingerprint density at radius 2 is 1.94 bits per heavy atom. The van der Waals surface area contributed by atoms with Crippen molar-refractivity contribution in [3.8, 4) is 0 Å². The van der Waals surface area contributed by atoms with Crippen molar-refractivity contribution < 1.29 is 0 Å². The Bertz CT molecular complexity index is 227. The van der Waals surface area contributed by atoms with E-state index in [0.29, 0.717) is 11.5 Å². The molecule has 2 heteroatoms. The van der Waals surface area contributed by atoms with E-state index < -0.39 is 0 Å². The van der Waals surface area contributed by atoms with E-state index in [2.05, 4.69) is 32.8 Å². The van der Waals surface area contributed by atoms with Crippen molar-refractivity contribution in [1.82, 2.24) is 5.43 Å². The smallest absolute Gasteiger partial charge is 0.0303 e. The summed E-state index contributed by atoms with van der Waals surface area (Å²) in [5.41, 5.74) is 4.71. The molecule has 1 rings (SSSR count). The molecule has 16 heavy (non-hydrogen) atoms. The summed E-state index contributed by atoms with van der Waals surface area (Å²) in [7, 11) is 0. The lowest BCUT2D eigenvalue weighted by Crippen LogP contribution is -2.48. The molecule has 0 saturated heterocycles. The molecule has 2 nitrogen and oxygen atoms in total. The van der Waals surface area contributed by atoms with Crippen molar-refractivity contribution >= 4 is 0 Å². The fourth-order valence-electron chi connectivity index (χ4n) is 3.39. The van der Waals surface area contributed by atoms with E-state index in [1.807, 2.05) is 0 Å². The summed E-state index contributed by atoms with van der Waals surface area (Å²) in [6.45, 7) is 10.8. The van der Waals surface area contributed by atoms with Gasteiger partial charge in [0.2, 0.25) is 0 Å². The molecule has 1 aliphatic rings. The minimum Gasteiger partial charge on any atom is -0.271 e. The highest BCUT2D eigenvalue weighted by Gasteiger charge is 2.40. The molecule has 0 radical (unpaired) electrons. The summed E-state index contributed by atoms with van der Waals surface area (Å²) < 4.78 is 0. The van der Waals surface area contributed by atoms with Crippen molar-refractivity contribution in [2.75, 3.05) is 0 Å². The predicted octanol–water partition coefficient (Wildman–Crippen LogP) is 3.39. The highest BCUT2D eigenvalue weighted by Crippen LogP contribution is 2.47. The van der Waals surface area contributed by atoms with E-state index in [1.165, 1.54) is 37.7 Å². The first-order valence-electron chi connectivity index (χ1n) is 6.60. The zero-order chi connectivity index (χ0) is 12.2. The van der Waals surface area contributed by atoms with Gasteiger partial charge in [0.05, 0.1) is 0 Å². The fourth-order valence-corrected chi connectivity index (χ4v) is 3.39. The number of nitrogens with two attached hydrogens (primary N) is 1. The maximum atomic E-state index is 5.77. The molecular weight excluding hydrogens is 196 g/mol. The number of hydrogen-bond donors (Lipinski definition) is 2. The van der Waals surface area contributed by atoms with E-state index in [0.717, 1.165) is 12.3 Å². The Morgan fingerprint density at radius 1 is 1.38 bits per heavy atom. The molecule has 3 N–H and O–H groups in total. The molecule has 1 saturated carbocycles. The first kappa shape index (κ1) is 13.7. The zero-order valence-corrected chi connectivity index (χ0v) is 11.2. The van der Waals surface area contributed by atoms with Crippen molar-refractivity contribution in [2.45, 2.75) is 65.3 Å². The summed E-state index contributed by atoms with van der Waals surface area (Å²) in [6.07, 6.45) is 7.68. The third-order valence-electron chi connectivity index (χ3n) is 3.91. The summed E-state index contributed by atoms with van der Waals surface area (Å²) in [4.78, 5) is 0. The summed E-state index contributed by atoms with van der Waals surface area (Å²) >= 11 is 0. The van der Waals surface area contributed by atoms with Gasteiger partial charge in [0, 0.05) is 6.04 Å². The summed E-state index contributed by atoms with van der Waals surface area (Å²) in [5.74, 6) is 6.52. The largest absolute Gasteiger partial charge is 0.271 e. The summed E-state index contributed by atoms with van der Waals surface area (Å²) in [5, 5.41) is 0. The molecule has 1 atom stereocenters. The second-order valence-electron chi connectivity index (χ2n) is 6.05. The molecule has 0 amide bonds. The molecule has 0 aliphatic heterocycles. The van der Waals surface area contributed by atoms with Crippen molar-refractivity contribution in [3.63, 3.8) is 0 Å². The van der Waals surface area contributed by atoms with Gasteiger partial charge in [0.25, 0.3) is 0 Å². The number of rotatable bonds is 6. The van der Waals surface area contributed by atoms with E-state index >= 15 is 0 Å². The quantitative estimate of drug-likeness (QED) is 0.412. The Hall–Kier alpha value is -0.340. The number of hydrogen-bond acceptors (Lipinski definition) is 2. The molecule has 1 aliphatic carbocycles. The number of hydrazine groups is 1. The molecule has 0 bridgehead atoms. The van der Waals surface area contributed by atoms with Gasteiger partial charge in [-0.3, -0.25) is 11.3 Å². The number of nitrogens with one attached hydrogen (secondary N) is 1. The second kappa shape index (κ2) is 5.83. The van der Waals surface area contributed by atoms with Gasteiger partial charge in [-0.25, -0.2) is 0 Å². The highest BCUT2D eigenvalue weighted by atomic mass is 15.2. The average molecular weight is 224 g/mol. The second-order valence-corrected chi connectivity index (χ2v) is 6.05. The Morgan fingerprint density at radius 3 is 2.31 bits per heavy atom. The molecule has 0 heterocycles. The van der Waals surface area contributed by atoms with Crippen LogP contribution >= 0.6 is 0 Å². The summed E-state index contributed by atoms with van der Waals surface area (Å²) in [6, 6.07) is 0.412. The van der Waals surface area contributed by atoms with E-state index in [1.54, 1.807) is 0 Å². The van der Waals surface area contributed by atoms with Crippen LogP contribution in [-0.2, 0) is 0 Å².